The molecule has 2 aromatic rings. The maximum atomic E-state index is 12.3. The molecule has 0 unspecified atom stereocenters. The van der Waals surface area contributed by atoms with Crippen molar-refractivity contribution in [3.8, 4) is 11.5 Å². The average Bonchev–Trinajstić information content (AvgIpc) is 2.79. The van der Waals surface area contributed by atoms with Gasteiger partial charge >= 0.3 is 0 Å². The van der Waals surface area contributed by atoms with Gasteiger partial charge in [0.25, 0.3) is 0 Å². The standard InChI is InChI=1S/C22H28ClN3O4S/c23-18-5-3-6-19(17-18)31(27,28)24-9-1-2-10-25-11-13-26(14-12-25)20-7-4-8-21-22(20)30-16-15-29-21/h3-8,17,24H,1-2,9-16H2. The van der Waals surface area contributed by atoms with Crippen molar-refractivity contribution in [1.82, 2.24) is 9.62 Å². The Morgan fingerprint density at radius 3 is 2.55 bits per heavy atom. The fourth-order valence-corrected chi connectivity index (χ4v) is 5.28. The van der Waals surface area contributed by atoms with Crippen LogP contribution in [0, 0.1) is 0 Å². The predicted octanol–water partition coefficient (Wildman–Crippen LogP) is 2.99. The molecule has 9 heteroatoms. The maximum Gasteiger partial charge on any atom is 0.240 e. The Morgan fingerprint density at radius 1 is 0.968 bits per heavy atom. The molecule has 168 valence electrons. The van der Waals surface area contributed by atoms with Gasteiger partial charge in [0.1, 0.15) is 13.2 Å². The van der Waals surface area contributed by atoms with Gasteiger partial charge in [-0.2, -0.15) is 0 Å². The van der Waals surface area contributed by atoms with Crippen LogP contribution in [0.4, 0.5) is 5.69 Å². The van der Waals surface area contributed by atoms with Gasteiger partial charge in [-0.3, -0.25) is 4.90 Å². The quantitative estimate of drug-likeness (QED) is 0.604. The molecule has 0 aliphatic carbocycles. The SMILES string of the molecule is O=S(=O)(NCCCCN1CCN(c2cccc3c2OCCO3)CC1)c1cccc(Cl)c1. The number of piperazine rings is 1. The van der Waals surface area contributed by atoms with E-state index >= 15 is 0 Å². The Labute approximate surface area is 188 Å². The molecule has 7 nitrogen and oxygen atoms in total. The minimum atomic E-state index is -3.51. The summed E-state index contributed by atoms with van der Waals surface area (Å²) in [7, 11) is -3.51. The maximum absolute atomic E-state index is 12.3. The molecular formula is C22H28ClN3O4S. The number of unbranched alkanes of at least 4 members (excludes halogenated alkanes) is 1. The number of para-hydroxylation sites is 1. The number of rotatable bonds is 8. The van der Waals surface area contributed by atoms with Gasteiger partial charge in [-0.25, -0.2) is 13.1 Å². The van der Waals surface area contributed by atoms with Crippen molar-refractivity contribution in [3.63, 3.8) is 0 Å². The van der Waals surface area contributed by atoms with Crippen LogP contribution in [0.3, 0.4) is 0 Å². The summed E-state index contributed by atoms with van der Waals surface area (Å²) in [6, 6.07) is 12.4. The zero-order valence-corrected chi connectivity index (χ0v) is 19.0. The molecule has 2 aromatic carbocycles. The first kappa shape index (κ1) is 22.2. The van der Waals surface area contributed by atoms with Crippen molar-refractivity contribution in [2.24, 2.45) is 0 Å². The first-order valence-corrected chi connectivity index (χ1v) is 12.5. The zero-order valence-electron chi connectivity index (χ0n) is 17.4. The summed E-state index contributed by atoms with van der Waals surface area (Å²) in [5, 5.41) is 0.414. The molecule has 2 aliphatic heterocycles. The first-order chi connectivity index (χ1) is 15.0. The van der Waals surface area contributed by atoms with Gasteiger partial charge < -0.3 is 14.4 Å². The lowest BCUT2D eigenvalue weighted by Gasteiger charge is -2.37. The van der Waals surface area contributed by atoms with Gasteiger partial charge in [-0.1, -0.05) is 23.7 Å². The number of hydrogen-bond acceptors (Lipinski definition) is 6. The fourth-order valence-electron chi connectivity index (χ4n) is 3.90. The van der Waals surface area contributed by atoms with Gasteiger partial charge in [0.15, 0.2) is 11.5 Å². The highest BCUT2D eigenvalue weighted by molar-refractivity contribution is 7.89. The number of ether oxygens (including phenoxy) is 2. The van der Waals surface area contributed by atoms with E-state index in [1.54, 1.807) is 18.2 Å². The van der Waals surface area contributed by atoms with Crippen molar-refractivity contribution in [1.29, 1.82) is 0 Å². The molecule has 31 heavy (non-hydrogen) atoms. The summed E-state index contributed by atoms with van der Waals surface area (Å²) < 4.78 is 38.8. The second-order valence-corrected chi connectivity index (χ2v) is 9.90. The monoisotopic (exact) mass is 465 g/mol. The highest BCUT2D eigenvalue weighted by atomic mass is 35.5. The van der Waals surface area contributed by atoms with E-state index in [4.69, 9.17) is 21.1 Å². The number of benzene rings is 2. The minimum Gasteiger partial charge on any atom is -0.486 e. The zero-order chi connectivity index (χ0) is 21.7. The molecule has 4 rings (SSSR count). The molecule has 1 fully saturated rings. The molecular weight excluding hydrogens is 438 g/mol. The van der Waals surface area contributed by atoms with E-state index in [1.165, 1.54) is 6.07 Å². The van der Waals surface area contributed by atoms with E-state index < -0.39 is 10.0 Å². The van der Waals surface area contributed by atoms with Gasteiger partial charge in [0.2, 0.25) is 10.0 Å². The number of halogens is 1. The lowest BCUT2D eigenvalue weighted by atomic mass is 10.2. The van der Waals surface area contributed by atoms with Crippen LogP contribution in [0.15, 0.2) is 47.4 Å². The van der Waals surface area contributed by atoms with E-state index in [9.17, 15) is 8.42 Å². The largest absolute Gasteiger partial charge is 0.486 e. The van der Waals surface area contributed by atoms with Gasteiger partial charge in [0, 0.05) is 37.7 Å². The number of hydrogen-bond donors (Lipinski definition) is 1. The van der Waals surface area contributed by atoms with Crippen LogP contribution in [0.1, 0.15) is 12.8 Å². The Bertz CT molecular complexity index is 994. The van der Waals surface area contributed by atoms with Crippen LogP contribution in [-0.4, -0.2) is 65.8 Å². The van der Waals surface area contributed by atoms with Gasteiger partial charge in [0.05, 0.1) is 10.6 Å². The van der Waals surface area contributed by atoms with Crippen molar-refractivity contribution in [3.05, 3.63) is 47.5 Å². The Hall–Kier alpha value is -2.00. The topological polar surface area (TPSA) is 71.1 Å². The third-order valence-electron chi connectivity index (χ3n) is 5.56. The molecule has 0 bridgehead atoms. The van der Waals surface area contributed by atoms with Crippen LogP contribution >= 0.6 is 11.6 Å². The number of anilines is 1. The lowest BCUT2D eigenvalue weighted by molar-refractivity contribution is 0.171. The summed E-state index contributed by atoms with van der Waals surface area (Å²) in [6.45, 7) is 6.37. The number of nitrogens with zero attached hydrogens (tertiary/aromatic N) is 2. The second-order valence-electron chi connectivity index (χ2n) is 7.69. The third-order valence-corrected chi connectivity index (χ3v) is 7.25. The molecule has 0 radical (unpaired) electrons. The normalized spacial score (nSPS) is 17.0. The third kappa shape index (κ3) is 5.63. The highest BCUT2D eigenvalue weighted by Gasteiger charge is 2.23. The Balaban J connectivity index is 1.18. The number of fused-ring (bicyclic) bond motifs is 1. The fraction of sp³-hybridized carbons (Fsp3) is 0.455. The summed E-state index contributed by atoms with van der Waals surface area (Å²) >= 11 is 5.89. The molecule has 0 atom stereocenters. The number of nitrogens with one attached hydrogen (secondary N) is 1. The predicted molar refractivity (Wildman–Crippen MR) is 122 cm³/mol. The molecule has 0 saturated carbocycles. The van der Waals surface area contributed by atoms with E-state index in [1.807, 2.05) is 12.1 Å². The first-order valence-electron chi connectivity index (χ1n) is 10.6. The van der Waals surface area contributed by atoms with Crippen LogP contribution in [0.5, 0.6) is 11.5 Å². The number of sulfonamides is 1. The molecule has 0 aromatic heterocycles. The Kier molecular flexibility index (Phi) is 7.22. The molecule has 2 heterocycles. The highest BCUT2D eigenvalue weighted by Crippen LogP contribution is 2.39. The van der Waals surface area contributed by atoms with Crippen molar-refractivity contribution in [2.75, 3.05) is 57.4 Å². The van der Waals surface area contributed by atoms with E-state index in [-0.39, 0.29) is 4.90 Å². The van der Waals surface area contributed by atoms with E-state index in [0.29, 0.717) is 24.8 Å². The van der Waals surface area contributed by atoms with E-state index in [0.717, 1.165) is 62.8 Å². The average molecular weight is 466 g/mol. The van der Waals surface area contributed by atoms with Crippen molar-refractivity contribution in [2.45, 2.75) is 17.7 Å². The molecule has 1 saturated heterocycles. The molecule has 0 amide bonds. The smallest absolute Gasteiger partial charge is 0.240 e. The summed E-state index contributed by atoms with van der Waals surface area (Å²) in [4.78, 5) is 4.98. The Morgan fingerprint density at radius 2 is 1.74 bits per heavy atom. The summed E-state index contributed by atoms with van der Waals surface area (Å²) in [5.74, 6) is 1.68. The van der Waals surface area contributed by atoms with Gasteiger partial charge in [-0.05, 0) is 49.7 Å². The van der Waals surface area contributed by atoms with Crippen LogP contribution < -0.4 is 19.1 Å². The van der Waals surface area contributed by atoms with Crippen LogP contribution in [-0.2, 0) is 10.0 Å². The van der Waals surface area contributed by atoms with Crippen molar-refractivity contribution >= 4 is 27.3 Å². The molecule has 1 N–H and O–H groups in total. The second kappa shape index (κ2) is 10.1. The van der Waals surface area contributed by atoms with Crippen LogP contribution in [0.25, 0.3) is 0 Å². The molecule has 0 spiro atoms. The van der Waals surface area contributed by atoms with Crippen molar-refractivity contribution < 1.29 is 17.9 Å². The molecule has 2 aliphatic rings. The minimum absolute atomic E-state index is 0.202. The van der Waals surface area contributed by atoms with Gasteiger partial charge in [-0.15, -0.1) is 0 Å². The van der Waals surface area contributed by atoms with Crippen LogP contribution in [0.2, 0.25) is 5.02 Å². The summed E-state index contributed by atoms with van der Waals surface area (Å²) in [5.41, 5.74) is 1.10. The lowest BCUT2D eigenvalue weighted by Crippen LogP contribution is -2.46. The van der Waals surface area contributed by atoms with E-state index in [2.05, 4.69) is 20.6 Å². The summed E-state index contributed by atoms with van der Waals surface area (Å²) in [6.07, 6.45) is 1.73.